The standard InChI is InChI=1S/C15H22N2OS/c1-10(2)13(9-18-4)16-11(3)15-17-12-7-5-6-8-14(12)19-15/h5-8,10-11,13,16H,9H2,1-4H3. The summed E-state index contributed by atoms with van der Waals surface area (Å²) in [4.78, 5) is 4.70. The van der Waals surface area contributed by atoms with E-state index in [4.69, 9.17) is 9.72 Å². The molecule has 0 bridgehead atoms. The average molecular weight is 278 g/mol. The van der Waals surface area contributed by atoms with E-state index >= 15 is 0 Å². The third kappa shape index (κ3) is 3.53. The molecule has 0 radical (unpaired) electrons. The smallest absolute Gasteiger partial charge is 0.111 e. The van der Waals surface area contributed by atoms with Crippen LogP contribution in [0.1, 0.15) is 31.8 Å². The summed E-state index contributed by atoms with van der Waals surface area (Å²) in [6, 6.07) is 8.89. The zero-order chi connectivity index (χ0) is 13.8. The maximum atomic E-state index is 5.28. The highest BCUT2D eigenvalue weighted by Gasteiger charge is 2.18. The molecule has 1 aromatic heterocycles. The van der Waals surface area contributed by atoms with Gasteiger partial charge in [-0.1, -0.05) is 26.0 Å². The molecule has 2 unspecified atom stereocenters. The number of para-hydroxylation sites is 1. The summed E-state index contributed by atoms with van der Waals surface area (Å²) in [7, 11) is 1.75. The van der Waals surface area contributed by atoms with Gasteiger partial charge in [0.2, 0.25) is 0 Å². The molecular formula is C15H22N2OS. The van der Waals surface area contributed by atoms with Crippen LogP contribution in [0.2, 0.25) is 0 Å². The third-order valence-electron chi connectivity index (χ3n) is 3.30. The highest BCUT2D eigenvalue weighted by atomic mass is 32.1. The minimum atomic E-state index is 0.250. The predicted molar refractivity (Wildman–Crippen MR) is 81.7 cm³/mol. The molecule has 1 aromatic carbocycles. The Morgan fingerprint density at radius 1 is 1.26 bits per heavy atom. The largest absolute Gasteiger partial charge is 0.383 e. The maximum Gasteiger partial charge on any atom is 0.111 e. The Balaban J connectivity index is 2.11. The van der Waals surface area contributed by atoms with Crippen LogP contribution in [0.5, 0.6) is 0 Å². The molecule has 0 aliphatic heterocycles. The second-order valence-electron chi connectivity index (χ2n) is 5.21. The van der Waals surface area contributed by atoms with Gasteiger partial charge in [0.05, 0.1) is 22.9 Å². The van der Waals surface area contributed by atoms with Crippen molar-refractivity contribution in [3.63, 3.8) is 0 Å². The fourth-order valence-electron chi connectivity index (χ4n) is 2.08. The van der Waals surface area contributed by atoms with Gasteiger partial charge in [-0.3, -0.25) is 0 Å². The van der Waals surface area contributed by atoms with Gasteiger partial charge < -0.3 is 10.1 Å². The lowest BCUT2D eigenvalue weighted by Gasteiger charge is -2.24. The summed E-state index contributed by atoms with van der Waals surface area (Å²) < 4.78 is 6.53. The number of aromatic nitrogens is 1. The van der Waals surface area contributed by atoms with Crippen molar-refractivity contribution in [1.29, 1.82) is 0 Å². The number of hydrogen-bond donors (Lipinski definition) is 1. The lowest BCUT2D eigenvalue weighted by Crippen LogP contribution is -2.39. The Bertz CT molecular complexity index is 491. The van der Waals surface area contributed by atoms with Crippen LogP contribution in [0.3, 0.4) is 0 Å². The number of methoxy groups -OCH3 is 1. The molecule has 0 aliphatic rings. The van der Waals surface area contributed by atoms with Crippen LogP contribution in [0.4, 0.5) is 0 Å². The van der Waals surface area contributed by atoms with Gasteiger partial charge in [0.25, 0.3) is 0 Å². The lowest BCUT2D eigenvalue weighted by atomic mass is 10.0. The van der Waals surface area contributed by atoms with Gasteiger partial charge in [-0.2, -0.15) is 0 Å². The normalized spacial score (nSPS) is 15.0. The van der Waals surface area contributed by atoms with E-state index in [9.17, 15) is 0 Å². The van der Waals surface area contributed by atoms with Gasteiger partial charge >= 0.3 is 0 Å². The predicted octanol–water partition coefficient (Wildman–Crippen LogP) is 3.62. The van der Waals surface area contributed by atoms with Gasteiger partial charge in [0.15, 0.2) is 0 Å². The number of nitrogens with zero attached hydrogens (tertiary/aromatic N) is 1. The molecule has 19 heavy (non-hydrogen) atoms. The molecule has 0 saturated heterocycles. The summed E-state index contributed by atoms with van der Waals surface area (Å²) >= 11 is 1.76. The molecule has 0 amide bonds. The highest BCUT2D eigenvalue weighted by Crippen LogP contribution is 2.26. The topological polar surface area (TPSA) is 34.1 Å². The van der Waals surface area contributed by atoms with Gasteiger partial charge in [-0.15, -0.1) is 11.3 Å². The van der Waals surface area contributed by atoms with E-state index in [0.29, 0.717) is 12.0 Å². The summed E-state index contributed by atoms with van der Waals surface area (Å²) in [5, 5.41) is 4.76. The maximum absolute atomic E-state index is 5.28. The monoisotopic (exact) mass is 278 g/mol. The van der Waals surface area contributed by atoms with Crippen LogP contribution < -0.4 is 5.32 Å². The first kappa shape index (κ1) is 14.4. The van der Waals surface area contributed by atoms with E-state index in [1.165, 1.54) is 4.70 Å². The fraction of sp³-hybridized carbons (Fsp3) is 0.533. The average Bonchev–Trinajstić information content (AvgIpc) is 2.81. The van der Waals surface area contributed by atoms with Crippen molar-refractivity contribution in [3.05, 3.63) is 29.3 Å². The minimum Gasteiger partial charge on any atom is -0.383 e. The second kappa shape index (κ2) is 6.46. The van der Waals surface area contributed by atoms with E-state index in [2.05, 4.69) is 44.3 Å². The summed E-state index contributed by atoms with van der Waals surface area (Å²) in [6.07, 6.45) is 0. The van der Waals surface area contributed by atoms with Crippen LogP contribution in [0.15, 0.2) is 24.3 Å². The zero-order valence-corrected chi connectivity index (χ0v) is 12.8. The SMILES string of the molecule is COCC(NC(C)c1nc2ccccc2s1)C(C)C. The van der Waals surface area contributed by atoms with E-state index in [0.717, 1.165) is 17.1 Å². The van der Waals surface area contributed by atoms with Crippen molar-refractivity contribution < 1.29 is 4.74 Å². The van der Waals surface area contributed by atoms with Crippen molar-refractivity contribution in [3.8, 4) is 0 Å². The van der Waals surface area contributed by atoms with Crippen molar-refractivity contribution in [2.24, 2.45) is 5.92 Å². The number of fused-ring (bicyclic) bond motifs is 1. The van der Waals surface area contributed by atoms with Crippen LogP contribution >= 0.6 is 11.3 Å². The lowest BCUT2D eigenvalue weighted by molar-refractivity contribution is 0.141. The zero-order valence-electron chi connectivity index (χ0n) is 12.0. The Hall–Kier alpha value is -0.970. The Kier molecular flexibility index (Phi) is 4.91. The molecule has 1 N–H and O–H groups in total. The third-order valence-corrected chi connectivity index (χ3v) is 4.52. The second-order valence-corrected chi connectivity index (χ2v) is 6.28. The van der Waals surface area contributed by atoms with Gasteiger partial charge in [-0.05, 0) is 25.0 Å². The minimum absolute atomic E-state index is 0.250. The summed E-state index contributed by atoms with van der Waals surface area (Å²) in [5.74, 6) is 0.539. The first-order valence-corrected chi connectivity index (χ1v) is 7.54. The molecule has 2 rings (SSSR count). The molecule has 0 aliphatic carbocycles. The molecule has 2 aromatic rings. The first-order valence-electron chi connectivity index (χ1n) is 6.72. The Morgan fingerprint density at radius 2 is 2.00 bits per heavy atom. The Morgan fingerprint density at radius 3 is 2.63 bits per heavy atom. The number of benzene rings is 1. The number of ether oxygens (including phenoxy) is 1. The first-order chi connectivity index (χ1) is 9.11. The number of hydrogen-bond acceptors (Lipinski definition) is 4. The molecule has 0 saturated carbocycles. The molecular weight excluding hydrogens is 256 g/mol. The van der Waals surface area contributed by atoms with Gasteiger partial charge in [0, 0.05) is 13.2 Å². The van der Waals surface area contributed by atoms with E-state index in [1.54, 1.807) is 18.4 Å². The quantitative estimate of drug-likeness (QED) is 0.876. The highest BCUT2D eigenvalue weighted by molar-refractivity contribution is 7.18. The summed E-state index contributed by atoms with van der Waals surface area (Å²) in [5.41, 5.74) is 1.09. The van der Waals surface area contributed by atoms with Crippen LogP contribution in [-0.4, -0.2) is 24.7 Å². The van der Waals surface area contributed by atoms with E-state index in [-0.39, 0.29) is 6.04 Å². The number of thiazole rings is 1. The van der Waals surface area contributed by atoms with E-state index in [1.807, 2.05) is 6.07 Å². The molecule has 2 atom stereocenters. The van der Waals surface area contributed by atoms with Gasteiger partial charge in [0.1, 0.15) is 5.01 Å². The molecule has 0 fully saturated rings. The molecule has 0 spiro atoms. The van der Waals surface area contributed by atoms with Crippen molar-refractivity contribution in [1.82, 2.24) is 10.3 Å². The van der Waals surface area contributed by atoms with Crippen LogP contribution in [0, 0.1) is 5.92 Å². The van der Waals surface area contributed by atoms with E-state index < -0.39 is 0 Å². The van der Waals surface area contributed by atoms with Crippen molar-refractivity contribution in [2.75, 3.05) is 13.7 Å². The number of nitrogens with one attached hydrogen (secondary N) is 1. The molecule has 1 heterocycles. The number of rotatable bonds is 6. The molecule has 4 heteroatoms. The van der Waals surface area contributed by atoms with Gasteiger partial charge in [-0.25, -0.2) is 4.98 Å². The van der Waals surface area contributed by atoms with Crippen molar-refractivity contribution in [2.45, 2.75) is 32.9 Å². The van der Waals surface area contributed by atoms with Crippen LogP contribution in [0.25, 0.3) is 10.2 Å². The Labute approximate surface area is 119 Å². The fourth-order valence-corrected chi connectivity index (χ4v) is 3.06. The molecule has 104 valence electrons. The van der Waals surface area contributed by atoms with Crippen molar-refractivity contribution >= 4 is 21.6 Å². The summed E-state index contributed by atoms with van der Waals surface area (Å²) in [6.45, 7) is 7.32. The molecule has 3 nitrogen and oxygen atoms in total. The van der Waals surface area contributed by atoms with Crippen LogP contribution in [-0.2, 0) is 4.74 Å².